The van der Waals surface area contributed by atoms with E-state index in [9.17, 15) is 4.79 Å². The number of quaternary nitrogens is 1. The summed E-state index contributed by atoms with van der Waals surface area (Å²) in [5.74, 6) is 0.873. The minimum atomic E-state index is 0.0717. The van der Waals surface area contributed by atoms with Crippen molar-refractivity contribution in [3.63, 3.8) is 0 Å². The fourth-order valence-corrected chi connectivity index (χ4v) is 3.50. The first-order chi connectivity index (χ1) is 13.0. The first kappa shape index (κ1) is 19.4. The Balaban J connectivity index is 1.63. The molecule has 1 aliphatic heterocycles. The van der Waals surface area contributed by atoms with Crippen LogP contribution in [0.1, 0.15) is 23.4 Å². The monoisotopic (exact) mass is 372 g/mol. The molecule has 7 nitrogen and oxygen atoms in total. The van der Waals surface area contributed by atoms with Gasteiger partial charge >= 0.3 is 0 Å². The van der Waals surface area contributed by atoms with E-state index in [1.807, 2.05) is 40.9 Å². The van der Waals surface area contributed by atoms with Crippen molar-refractivity contribution in [2.75, 3.05) is 40.3 Å². The van der Waals surface area contributed by atoms with Gasteiger partial charge in [0.25, 0.3) is 0 Å². The molecule has 1 amide bonds. The lowest BCUT2D eigenvalue weighted by Gasteiger charge is -2.30. The molecule has 0 aliphatic carbocycles. The summed E-state index contributed by atoms with van der Waals surface area (Å²) in [7, 11) is 3.84. The average Bonchev–Trinajstić information content (AvgIpc) is 2.96. The lowest BCUT2D eigenvalue weighted by molar-refractivity contribution is -0.884. The molecule has 1 aromatic heterocycles. The Bertz CT molecular complexity index is 794. The van der Waals surface area contributed by atoms with E-state index in [1.165, 1.54) is 4.90 Å². The molecule has 2 N–H and O–H groups in total. The zero-order valence-corrected chi connectivity index (χ0v) is 16.7. The Morgan fingerprint density at radius 2 is 2.04 bits per heavy atom. The third-order valence-corrected chi connectivity index (χ3v) is 5.24. The van der Waals surface area contributed by atoms with Crippen LogP contribution in [0.4, 0.5) is 0 Å². The Morgan fingerprint density at radius 3 is 2.74 bits per heavy atom. The molecule has 1 fully saturated rings. The zero-order valence-electron chi connectivity index (χ0n) is 16.7. The molecule has 0 spiro atoms. The van der Waals surface area contributed by atoms with Gasteiger partial charge in [0.05, 0.1) is 51.7 Å². The molecule has 3 rings (SSSR count). The number of amides is 1. The maximum absolute atomic E-state index is 12.3. The van der Waals surface area contributed by atoms with Gasteiger partial charge in [-0.05, 0) is 38.0 Å². The summed E-state index contributed by atoms with van der Waals surface area (Å²) >= 11 is 0. The minimum absolute atomic E-state index is 0.0717. The maximum Gasteiger partial charge on any atom is 0.234 e. The summed E-state index contributed by atoms with van der Waals surface area (Å²) in [5, 5.41) is 6.71. The van der Waals surface area contributed by atoms with Crippen LogP contribution in [-0.4, -0.2) is 61.0 Å². The van der Waals surface area contributed by atoms with E-state index in [0.29, 0.717) is 12.8 Å². The molecule has 1 aromatic carbocycles. The third kappa shape index (κ3) is 4.67. The number of ether oxygens (including phenoxy) is 1. The van der Waals surface area contributed by atoms with Crippen molar-refractivity contribution >= 4 is 5.91 Å². The second-order valence-corrected chi connectivity index (χ2v) is 7.24. The molecule has 1 aliphatic rings. The van der Waals surface area contributed by atoms with Crippen LogP contribution in [0.5, 0.6) is 5.75 Å². The molecular weight excluding hydrogens is 342 g/mol. The van der Waals surface area contributed by atoms with Gasteiger partial charge in [-0.1, -0.05) is 6.07 Å². The number of aromatic nitrogens is 2. The van der Waals surface area contributed by atoms with Gasteiger partial charge in [0.15, 0.2) is 0 Å². The van der Waals surface area contributed by atoms with Crippen LogP contribution >= 0.6 is 0 Å². The highest BCUT2D eigenvalue weighted by Crippen LogP contribution is 2.22. The summed E-state index contributed by atoms with van der Waals surface area (Å²) in [6.07, 6.45) is 1.15. The number of carbonyl (C=O) groups excluding carboxylic acids is 1. The van der Waals surface area contributed by atoms with Crippen molar-refractivity contribution in [2.24, 2.45) is 0 Å². The number of nitrogens with one attached hydrogen (secondary N) is 2. The van der Waals surface area contributed by atoms with Crippen molar-refractivity contribution in [2.45, 2.75) is 26.7 Å². The van der Waals surface area contributed by atoms with E-state index in [2.05, 4.69) is 24.5 Å². The van der Waals surface area contributed by atoms with E-state index in [0.717, 1.165) is 54.6 Å². The van der Waals surface area contributed by atoms with E-state index >= 15 is 0 Å². The third-order valence-electron chi connectivity index (χ3n) is 5.24. The highest BCUT2D eigenvalue weighted by atomic mass is 16.5. The van der Waals surface area contributed by atoms with E-state index in [4.69, 9.17) is 4.74 Å². The highest BCUT2D eigenvalue weighted by Gasteiger charge is 2.19. The Kier molecular flexibility index (Phi) is 6.13. The second kappa shape index (κ2) is 8.54. The Hall–Kier alpha value is -2.38. The number of aryl methyl sites for hydroxylation is 1. The molecule has 0 bridgehead atoms. The summed E-state index contributed by atoms with van der Waals surface area (Å²) in [4.78, 5) is 13.9. The van der Waals surface area contributed by atoms with Gasteiger partial charge in [-0.2, -0.15) is 5.10 Å². The van der Waals surface area contributed by atoms with Gasteiger partial charge < -0.3 is 9.64 Å². The summed E-state index contributed by atoms with van der Waals surface area (Å²) < 4.78 is 7.24. The fourth-order valence-electron chi connectivity index (χ4n) is 3.50. The standard InChI is InChI=1S/C20H29N5O2/c1-15-19(8-9-20(26)22-24-12-10-23(3)11-13-24)16(2)25(21-15)17-6-5-7-18(14-17)27-4/h5-7,14H,8-13H2,1-4H3,(H,22,26)/p+1. The lowest BCUT2D eigenvalue weighted by atomic mass is 10.1. The minimum Gasteiger partial charge on any atom is -0.497 e. The van der Waals surface area contributed by atoms with Crippen LogP contribution in [0.25, 0.3) is 5.69 Å². The molecule has 0 saturated carbocycles. The van der Waals surface area contributed by atoms with Gasteiger partial charge in [-0.15, -0.1) is 0 Å². The van der Waals surface area contributed by atoms with Gasteiger partial charge in [-0.25, -0.2) is 9.69 Å². The quantitative estimate of drug-likeness (QED) is 0.765. The molecule has 0 radical (unpaired) electrons. The van der Waals surface area contributed by atoms with E-state index < -0.39 is 0 Å². The van der Waals surface area contributed by atoms with Gasteiger partial charge in [0.2, 0.25) is 5.91 Å². The smallest absolute Gasteiger partial charge is 0.234 e. The molecule has 0 atom stereocenters. The van der Waals surface area contributed by atoms with Gasteiger partial charge in [0, 0.05) is 18.2 Å². The van der Waals surface area contributed by atoms with Crippen LogP contribution in [-0.2, 0) is 11.2 Å². The highest BCUT2D eigenvalue weighted by molar-refractivity contribution is 5.75. The summed E-state index contributed by atoms with van der Waals surface area (Å²) in [6.45, 7) is 7.99. The van der Waals surface area contributed by atoms with E-state index in [1.54, 1.807) is 7.11 Å². The predicted octanol–water partition coefficient (Wildman–Crippen LogP) is 0.292. The van der Waals surface area contributed by atoms with Gasteiger partial charge in [-0.3, -0.25) is 10.2 Å². The fraction of sp³-hybridized carbons (Fsp3) is 0.500. The second-order valence-electron chi connectivity index (χ2n) is 7.24. The summed E-state index contributed by atoms with van der Waals surface area (Å²) in [5.41, 5.74) is 7.17. The number of rotatable bonds is 6. The first-order valence-corrected chi connectivity index (χ1v) is 9.53. The molecule has 146 valence electrons. The van der Waals surface area contributed by atoms with Crippen LogP contribution in [0.2, 0.25) is 0 Å². The normalized spacial score (nSPS) is 15.7. The number of benzene rings is 1. The Labute approximate surface area is 160 Å². The van der Waals surface area contributed by atoms with Crippen molar-refractivity contribution in [3.05, 3.63) is 41.2 Å². The van der Waals surface area contributed by atoms with Crippen LogP contribution in [0, 0.1) is 13.8 Å². The van der Waals surface area contributed by atoms with Crippen LogP contribution in [0.15, 0.2) is 24.3 Å². The molecule has 2 aromatic rings. The molecule has 1 saturated heterocycles. The van der Waals surface area contributed by atoms with E-state index in [-0.39, 0.29) is 5.91 Å². The number of hydrogen-bond acceptors (Lipinski definition) is 4. The molecule has 7 heteroatoms. The van der Waals surface area contributed by atoms with Crippen LogP contribution < -0.4 is 15.1 Å². The largest absolute Gasteiger partial charge is 0.497 e. The Morgan fingerprint density at radius 1 is 1.30 bits per heavy atom. The average molecular weight is 372 g/mol. The number of piperazine rings is 1. The summed E-state index contributed by atoms with van der Waals surface area (Å²) in [6, 6.07) is 7.84. The lowest BCUT2D eigenvalue weighted by Crippen LogP contribution is -3.12. The SMILES string of the molecule is COc1cccc(-n2nc(C)c(CCC(=O)NN3CC[NH+](C)CC3)c2C)c1. The van der Waals surface area contributed by atoms with Gasteiger partial charge in [0.1, 0.15) is 5.75 Å². The molecule has 2 heterocycles. The van der Waals surface area contributed by atoms with Crippen LogP contribution in [0.3, 0.4) is 0 Å². The number of likely N-dealkylation sites (N-methyl/N-ethyl adjacent to an activating group) is 1. The number of nitrogens with zero attached hydrogens (tertiary/aromatic N) is 3. The zero-order chi connectivity index (χ0) is 19.4. The number of hydrogen-bond donors (Lipinski definition) is 2. The predicted molar refractivity (Wildman–Crippen MR) is 104 cm³/mol. The molecule has 0 unspecified atom stereocenters. The topological polar surface area (TPSA) is 63.8 Å². The molecular formula is C20H30N5O2+. The number of methoxy groups -OCH3 is 1. The van der Waals surface area contributed by atoms with Crippen molar-refractivity contribution in [3.8, 4) is 11.4 Å². The number of carbonyl (C=O) groups is 1. The molecule has 27 heavy (non-hydrogen) atoms. The first-order valence-electron chi connectivity index (χ1n) is 9.53. The van der Waals surface area contributed by atoms with Crippen molar-refractivity contribution in [1.82, 2.24) is 20.2 Å². The number of hydrazine groups is 1. The van der Waals surface area contributed by atoms with Crippen molar-refractivity contribution < 1.29 is 14.4 Å². The maximum atomic E-state index is 12.3. The van der Waals surface area contributed by atoms with Crippen molar-refractivity contribution in [1.29, 1.82) is 0 Å².